The van der Waals surface area contributed by atoms with Crippen LogP contribution in [0.2, 0.25) is 0 Å². The van der Waals surface area contributed by atoms with E-state index in [1.165, 1.54) is 21.0 Å². The summed E-state index contributed by atoms with van der Waals surface area (Å²) in [5.41, 5.74) is -2.15. The average molecular weight is 498 g/mol. The molecular weight excluding hydrogens is 466 g/mol. The number of nitrogens with one attached hydrogen (secondary N) is 2. The number of carbonyl (C=O) groups is 2. The van der Waals surface area contributed by atoms with E-state index < -0.39 is 60.4 Å². The van der Waals surface area contributed by atoms with Crippen LogP contribution in [0, 0.1) is 0 Å². The number of amides is 2. The van der Waals surface area contributed by atoms with Gasteiger partial charge in [-0.1, -0.05) is 0 Å². The zero-order valence-corrected chi connectivity index (χ0v) is 19.3. The van der Waals surface area contributed by atoms with E-state index in [0.717, 1.165) is 0 Å². The van der Waals surface area contributed by atoms with Gasteiger partial charge in [-0.05, 0) is 47.5 Å². The standard InChI is InChI=1S/C19H32F6N2O6/c1-16(2,3)33-15(30)26-9-7-8-11(27-14(29)17(4,5)31-6)12(28)10-32-13(18(20,21)22)19(23,24)25/h11-13,28H,7-10H2,1-6H3,(H,26,30)(H,27,29)/t11-,12?/m0/s1. The van der Waals surface area contributed by atoms with E-state index in [-0.39, 0.29) is 19.4 Å². The Bertz CT molecular complexity index is 620. The summed E-state index contributed by atoms with van der Waals surface area (Å²) >= 11 is 0. The van der Waals surface area contributed by atoms with Crippen molar-refractivity contribution in [1.82, 2.24) is 10.6 Å². The van der Waals surface area contributed by atoms with E-state index in [2.05, 4.69) is 15.4 Å². The molecule has 0 aliphatic rings. The smallest absolute Gasteiger partial charge is 0.423 e. The van der Waals surface area contributed by atoms with Gasteiger partial charge < -0.3 is 30.0 Å². The molecule has 0 heterocycles. The predicted molar refractivity (Wildman–Crippen MR) is 104 cm³/mol. The van der Waals surface area contributed by atoms with Gasteiger partial charge in [0.15, 0.2) is 0 Å². The van der Waals surface area contributed by atoms with Gasteiger partial charge in [-0.25, -0.2) is 4.79 Å². The first-order valence-electron chi connectivity index (χ1n) is 9.96. The summed E-state index contributed by atoms with van der Waals surface area (Å²) < 4.78 is 89.9. The van der Waals surface area contributed by atoms with Crippen LogP contribution in [0.3, 0.4) is 0 Å². The van der Waals surface area contributed by atoms with Gasteiger partial charge in [0, 0.05) is 13.7 Å². The highest BCUT2D eigenvalue weighted by atomic mass is 19.4. The van der Waals surface area contributed by atoms with Crippen LogP contribution in [0.4, 0.5) is 31.1 Å². The van der Waals surface area contributed by atoms with E-state index in [1.807, 2.05) is 0 Å². The van der Waals surface area contributed by atoms with Crippen LogP contribution in [0.25, 0.3) is 0 Å². The maximum Gasteiger partial charge on any atom is 0.423 e. The van der Waals surface area contributed by atoms with E-state index in [1.54, 1.807) is 20.8 Å². The summed E-state index contributed by atoms with van der Waals surface area (Å²) in [4.78, 5) is 24.0. The largest absolute Gasteiger partial charge is 0.444 e. The number of alkyl carbamates (subject to hydrolysis) is 1. The quantitative estimate of drug-likeness (QED) is 0.299. The maximum atomic E-state index is 12.7. The van der Waals surface area contributed by atoms with Crippen molar-refractivity contribution in [3.63, 3.8) is 0 Å². The molecular formula is C19H32F6N2O6. The minimum absolute atomic E-state index is 0.00371. The van der Waals surface area contributed by atoms with Gasteiger partial charge in [0.2, 0.25) is 6.10 Å². The van der Waals surface area contributed by atoms with Crippen LogP contribution in [-0.4, -0.2) is 79.2 Å². The summed E-state index contributed by atoms with van der Waals surface area (Å²) in [6.07, 6.45) is -18.3. The van der Waals surface area contributed by atoms with Crippen molar-refractivity contribution in [2.24, 2.45) is 0 Å². The van der Waals surface area contributed by atoms with Crippen molar-refractivity contribution >= 4 is 12.0 Å². The number of aliphatic hydroxyl groups excluding tert-OH is 1. The lowest BCUT2D eigenvalue weighted by molar-refractivity contribution is -0.325. The summed E-state index contributed by atoms with van der Waals surface area (Å²) in [5.74, 6) is -0.766. The monoisotopic (exact) mass is 498 g/mol. The second kappa shape index (κ2) is 12.1. The van der Waals surface area contributed by atoms with Gasteiger partial charge in [0.25, 0.3) is 5.91 Å². The number of hydrogen-bond acceptors (Lipinski definition) is 6. The number of methoxy groups -OCH3 is 1. The Hall–Kier alpha value is -1.80. The highest BCUT2D eigenvalue weighted by Gasteiger charge is 2.58. The molecule has 2 atom stereocenters. The molecule has 0 aliphatic carbocycles. The minimum atomic E-state index is -5.74. The van der Waals surface area contributed by atoms with Crippen molar-refractivity contribution in [3.05, 3.63) is 0 Å². The van der Waals surface area contributed by atoms with E-state index >= 15 is 0 Å². The molecule has 0 aromatic rings. The lowest BCUT2D eigenvalue weighted by atomic mass is 10.0. The van der Waals surface area contributed by atoms with Crippen LogP contribution >= 0.6 is 0 Å². The normalized spacial score (nSPS) is 15.2. The number of halogens is 6. The number of carbonyl (C=O) groups excluding carboxylic acids is 2. The fraction of sp³-hybridized carbons (Fsp3) is 0.895. The Morgan fingerprint density at radius 1 is 0.970 bits per heavy atom. The van der Waals surface area contributed by atoms with E-state index in [4.69, 9.17) is 9.47 Å². The molecule has 1 unspecified atom stereocenters. The van der Waals surface area contributed by atoms with Gasteiger partial charge in [-0.15, -0.1) is 0 Å². The summed E-state index contributed by atoms with van der Waals surface area (Å²) in [6, 6.07) is -1.30. The molecule has 196 valence electrons. The average Bonchev–Trinajstić information content (AvgIpc) is 2.60. The number of aliphatic hydroxyl groups is 1. The van der Waals surface area contributed by atoms with Crippen molar-refractivity contribution < 1.29 is 55.2 Å². The van der Waals surface area contributed by atoms with Crippen LogP contribution < -0.4 is 10.6 Å². The second-order valence-corrected chi connectivity index (χ2v) is 8.73. The van der Waals surface area contributed by atoms with Crippen LogP contribution in [0.1, 0.15) is 47.5 Å². The molecule has 0 rings (SSSR count). The molecule has 8 nitrogen and oxygen atoms in total. The van der Waals surface area contributed by atoms with Crippen LogP contribution in [0.5, 0.6) is 0 Å². The van der Waals surface area contributed by atoms with Gasteiger partial charge in [0.05, 0.1) is 18.8 Å². The fourth-order valence-corrected chi connectivity index (χ4v) is 2.31. The Labute approximate surface area is 188 Å². The number of ether oxygens (including phenoxy) is 3. The zero-order valence-electron chi connectivity index (χ0n) is 19.3. The predicted octanol–water partition coefficient (Wildman–Crippen LogP) is 3.07. The van der Waals surface area contributed by atoms with Crippen molar-refractivity contribution in [1.29, 1.82) is 0 Å². The molecule has 0 spiro atoms. The molecule has 0 aromatic carbocycles. The highest BCUT2D eigenvalue weighted by molar-refractivity contribution is 5.84. The van der Waals surface area contributed by atoms with Crippen molar-refractivity contribution in [3.8, 4) is 0 Å². The summed E-state index contributed by atoms with van der Waals surface area (Å²) in [5, 5.41) is 15.0. The summed E-state index contributed by atoms with van der Waals surface area (Å²) in [7, 11) is 1.22. The highest BCUT2D eigenvalue weighted by Crippen LogP contribution is 2.35. The molecule has 3 N–H and O–H groups in total. The van der Waals surface area contributed by atoms with Gasteiger partial charge in [-0.3, -0.25) is 4.79 Å². The molecule has 0 aliphatic heterocycles. The van der Waals surface area contributed by atoms with Gasteiger partial charge in [-0.2, -0.15) is 26.3 Å². The Kier molecular flexibility index (Phi) is 11.4. The molecule has 14 heteroatoms. The zero-order chi connectivity index (χ0) is 26.3. The molecule has 0 fully saturated rings. The SMILES string of the molecule is COC(C)(C)C(=O)N[C@@H](CCCNC(=O)OC(C)(C)C)C(O)COC(C(F)(F)F)C(F)(F)F. The molecule has 0 saturated heterocycles. The van der Waals surface area contributed by atoms with Gasteiger partial charge >= 0.3 is 18.4 Å². The molecule has 0 aromatic heterocycles. The molecule has 0 saturated carbocycles. The minimum Gasteiger partial charge on any atom is -0.444 e. The topological polar surface area (TPSA) is 106 Å². The van der Waals surface area contributed by atoms with Crippen LogP contribution in [0.15, 0.2) is 0 Å². The summed E-state index contributed by atoms with van der Waals surface area (Å²) in [6.45, 7) is 6.30. The van der Waals surface area contributed by atoms with Gasteiger partial charge in [0.1, 0.15) is 11.2 Å². The molecule has 33 heavy (non-hydrogen) atoms. The number of alkyl halides is 6. The molecule has 2 amide bonds. The van der Waals surface area contributed by atoms with Crippen molar-refractivity contribution in [2.75, 3.05) is 20.3 Å². The first kappa shape index (κ1) is 31.2. The third-order valence-electron chi connectivity index (χ3n) is 4.23. The lowest BCUT2D eigenvalue weighted by Gasteiger charge is -2.30. The van der Waals surface area contributed by atoms with Crippen LogP contribution in [-0.2, 0) is 19.0 Å². The van der Waals surface area contributed by atoms with E-state index in [9.17, 15) is 41.0 Å². The Balaban J connectivity index is 5.18. The number of hydrogen-bond donors (Lipinski definition) is 3. The first-order valence-corrected chi connectivity index (χ1v) is 9.96. The lowest BCUT2D eigenvalue weighted by Crippen LogP contribution is -2.53. The Morgan fingerprint density at radius 2 is 1.48 bits per heavy atom. The second-order valence-electron chi connectivity index (χ2n) is 8.73. The molecule has 0 bridgehead atoms. The Morgan fingerprint density at radius 3 is 1.91 bits per heavy atom. The fourth-order valence-electron chi connectivity index (χ4n) is 2.31. The maximum absolute atomic E-state index is 12.7. The third kappa shape index (κ3) is 12.3. The first-order chi connectivity index (χ1) is 14.7. The number of rotatable bonds is 11. The third-order valence-corrected chi connectivity index (χ3v) is 4.23. The van der Waals surface area contributed by atoms with Crippen molar-refractivity contribution in [2.45, 2.75) is 89.3 Å². The molecule has 0 radical (unpaired) electrons. The van der Waals surface area contributed by atoms with E-state index in [0.29, 0.717) is 0 Å².